The summed E-state index contributed by atoms with van der Waals surface area (Å²) >= 11 is 7.40. The van der Waals surface area contributed by atoms with Crippen LogP contribution in [0, 0.1) is 0 Å². The van der Waals surface area contributed by atoms with Crippen LogP contribution in [-0.4, -0.2) is 48.7 Å². The molecule has 0 unspecified atom stereocenters. The van der Waals surface area contributed by atoms with Crippen LogP contribution in [0.3, 0.4) is 0 Å². The SMILES string of the molecule is CCN(CC)C(=O)C1=C(C)N=c2s/c(=C\c3ccc(-c4cc(Cl)ccc4C(=O)OC)o3)c(=O)n2[C@H]1c1ccccc1OC. The average molecular weight is 620 g/mol. The molecule has 2 aromatic heterocycles. The summed E-state index contributed by atoms with van der Waals surface area (Å²) in [6.45, 7) is 6.65. The number of benzene rings is 2. The Morgan fingerprint density at radius 3 is 2.56 bits per heavy atom. The zero-order chi connectivity index (χ0) is 30.8. The molecular weight excluding hydrogens is 590 g/mol. The second-order valence-electron chi connectivity index (χ2n) is 9.68. The highest BCUT2D eigenvalue weighted by Gasteiger charge is 2.35. The molecule has 9 nitrogen and oxygen atoms in total. The van der Waals surface area contributed by atoms with Gasteiger partial charge in [-0.2, -0.15) is 0 Å². The number of carbonyl (C=O) groups excluding carboxylic acids is 2. The van der Waals surface area contributed by atoms with E-state index >= 15 is 0 Å². The Hall–Kier alpha value is -4.41. The van der Waals surface area contributed by atoms with E-state index in [2.05, 4.69) is 0 Å². The van der Waals surface area contributed by atoms with Crippen molar-refractivity contribution in [1.82, 2.24) is 9.47 Å². The van der Waals surface area contributed by atoms with Crippen molar-refractivity contribution in [2.45, 2.75) is 26.8 Å². The molecule has 222 valence electrons. The summed E-state index contributed by atoms with van der Waals surface area (Å²) in [6, 6.07) is 14.8. The number of likely N-dealkylation sites (N-methyl/N-ethyl adjacent to an activating group) is 1. The van der Waals surface area contributed by atoms with Crippen molar-refractivity contribution < 1.29 is 23.5 Å². The number of allylic oxidation sites excluding steroid dienone is 1. The van der Waals surface area contributed by atoms with Crippen molar-refractivity contribution in [2.75, 3.05) is 27.3 Å². The first-order chi connectivity index (χ1) is 20.7. The molecule has 0 N–H and O–H groups in total. The minimum absolute atomic E-state index is 0.185. The van der Waals surface area contributed by atoms with Gasteiger partial charge in [-0.1, -0.05) is 41.1 Å². The molecule has 0 bridgehead atoms. The summed E-state index contributed by atoms with van der Waals surface area (Å²) in [7, 11) is 2.86. The molecule has 5 rings (SSSR count). The lowest BCUT2D eigenvalue weighted by Gasteiger charge is -2.29. The second-order valence-corrected chi connectivity index (χ2v) is 11.1. The number of methoxy groups -OCH3 is 2. The summed E-state index contributed by atoms with van der Waals surface area (Å²) in [5, 5.41) is 0.427. The lowest BCUT2D eigenvalue weighted by molar-refractivity contribution is -0.127. The highest BCUT2D eigenvalue weighted by Crippen LogP contribution is 2.36. The first kappa shape index (κ1) is 30.1. The van der Waals surface area contributed by atoms with E-state index in [1.54, 1.807) is 59.9 Å². The molecule has 0 saturated heterocycles. The van der Waals surface area contributed by atoms with Gasteiger partial charge >= 0.3 is 5.97 Å². The molecule has 0 saturated carbocycles. The largest absolute Gasteiger partial charge is 0.496 e. The highest BCUT2D eigenvalue weighted by molar-refractivity contribution is 7.07. The number of nitrogens with zero attached hydrogens (tertiary/aromatic N) is 3. The van der Waals surface area contributed by atoms with E-state index in [1.165, 1.54) is 18.4 Å². The number of esters is 1. The minimum atomic E-state index is -0.746. The van der Waals surface area contributed by atoms with Crippen LogP contribution in [0.15, 0.2) is 80.1 Å². The van der Waals surface area contributed by atoms with Crippen LogP contribution < -0.4 is 19.6 Å². The van der Waals surface area contributed by atoms with Gasteiger partial charge in [0.05, 0.1) is 35.6 Å². The Kier molecular flexibility index (Phi) is 8.70. The summed E-state index contributed by atoms with van der Waals surface area (Å²) < 4.78 is 18.5. The number of para-hydroxylation sites is 1. The van der Waals surface area contributed by atoms with Gasteiger partial charge in [-0.05, 0) is 57.2 Å². The topological polar surface area (TPSA) is 103 Å². The summed E-state index contributed by atoms with van der Waals surface area (Å²) in [4.78, 5) is 47.1. The van der Waals surface area contributed by atoms with Crippen molar-refractivity contribution in [3.05, 3.63) is 107 Å². The molecule has 0 spiro atoms. The van der Waals surface area contributed by atoms with E-state index < -0.39 is 12.0 Å². The van der Waals surface area contributed by atoms with E-state index in [9.17, 15) is 14.4 Å². The van der Waals surface area contributed by atoms with Gasteiger partial charge in [0.25, 0.3) is 11.5 Å². The van der Waals surface area contributed by atoms with Gasteiger partial charge < -0.3 is 18.8 Å². The lowest BCUT2D eigenvalue weighted by Crippen LogP contribution is -2.43. The number of aromatic nitrogens is 1. The summed E-state index contributed by atoms with van der Waals surface area (Å²) in [5.74, 6) is 0.617. The number of fused-ring (bicyclic) bond motifs is 1. The Balaban J connectivity index is 1.67. The average Bonchev–Trinajstić information content (AvgIpc) is 3.60. The first-order valence-electron chi connectivity index (χ1n) is 13.6. The third-order valence-electron chi connectivity index (χ3n) is 7.29. The maximum absolute atomic E-state index is 14.1. The molecule has 1 atom stereocenters. The molecular formula is C32H30ClN3O6S. The number of carbonyl (C=O) groups is 2. The van der Waals surface area contributed by atoms with Gasteiger partial charge in [0.1, 0.15) is 23.3 Å². The molecule has 43 heavy (non-hydrogen) atoms. The number of hydrogen-bond donors (Lipinski definition) is 0. The van der Waals surface area contributed by atoms with Crippen LogP contribution in [-0.2, 0) is 9.53 Å². The molecule has 4 aromatic rings. The smallest absolute Gasteiger partial charge is 0.338 e. The molecule has 1 aliphatic heterocycles. The standard InChI is InChI=1S/C32H30ClN3O6S/c1-6-35(7-2)30(38)27-18(3)34-32-36(28(27)22-10-8-9-11-24(22)40-4)29(37)26(43-32)17-20-13-15-25(42-20)23-16-19(33)12-14-21(23)31(39)41-5/h8-17,28H,6-7H2,1-5H3/b26-17-/t28-/m0/s1. The molecule has 0 fully saturated rings. The minimum Gasteiger partial charge on any atom is -0.496 e. The van der Waals surface area contributed by atoms with E-state index in [0.29, 0.717) is 72.7 Å². The van der Waals surface area contributed by atoms with Crippen LogP contribution in [0.5, 0.6) is 5.75 Å². The predicted molar refractivity (Wildman–Crippen MR) is 165 cm³/mol. The van der Waals surface area contributed by atoms with Gasteiger partial charge in [0, 0.05) is 35.3 Å². The Labute approximate surface area is 256 Å². The number of amides is 1. The predicted octanol–water partition coefficient (Wildman–Crippen LogP) is 4.81. The highest BCUT2D eigenvalue weighted by atomic mass is 35.5. The van der Waals surface area contributed by atoms with Crippen LogP contribution in [0.4, 0.5) is 0 Å². The van der Waals surface area contributed by atoms with Gasteiger partial charge in [0.2, 0.25) is 0 Å². The van der Waals surface area contributed by atoms with Crippen LogP contribution in [0.25, 0.3) is 17.4 Å². The second kappa shape index (κ2) is 12.4. The number of thiazole rings is 1. The Bertz CT molecular complexity index is 1930. The monoisotopic (exact) mass is 619 g/mol. The van der Waals surface area contributed by atoms with Gasteiger partial charge in [-0.15, -0.1) is 0 Å². The van der Waals surface area contributed by atoms with Gasteiger partial charge in [-0.3, -0.25) is 14.2 Å². The molecule has 0 aliphatic carbocycles. The van der Waals surface area contributed by atoms with Crippen molar-refractivity contribution in [3.63, 3.8) is 0 Å². The Morgan fingerprint density at radius 1 is 1.12 bits per heavy atom. The fraction of sp³-hybridized carbons (Fsp3) is 0.250. The summed E-state index contributed by atoms with van der Waals surface area (Å²) in [5.41, 5.74) is 2.07. The van der Waals surface area contributed by atoms with Crippen molar-refractivity contribution in [1.29, 1.82) is 0 Å². The van der Waals surface area contributed by atoms with Crippen LogP contribution >= 0.6 is 22.9 Å². The summed E-state index contributed by atoms with van der Waals surface area (Å²) in [6.07, 6.45) is 1.63. The van der Waals surface area contributed by atoms with Gasteiger partial charge in [0.15, 0.2) is 4.80 Å². The van der Waals surface area contributed by atoms with E-state index in [4.69, 9.17) is 30.5 Å². The molecule has 3 heterocycles. The molecule has 1 aliphatic rings. The number of ether oxygens (including phenoxy) is 2. The number of furan rings is 1. The number of rotatable bonds is 8. The van der Waals surface area contributed by atoms with Crippen LogP contribution in [0.2, 0.25) is 5.02 Å². The number of hydrogen-bond acceptors (Lipinski definition) is 8. The Morgan fingerprint density at radius 2 is 1.86 bits per heavy atom. The van der Waals surface area contributed by atoms with Crippen molar-refractivity contribution in [3.8, 4) is 17.1 Å². The lowest BCUT2D eigenvalue weighted by atomic mass is 9.94. The first-order valence-corrected chi connectivity index (χ1v) is 14.8. The van der Waals surface area contributed by atoms with Crippen molar-refractivity contribution in [2.24, 2.45) is 4.99 Å². The fourth-order valence-corrected chi connectivity index (χ4v) is 6.37. The zero-order valence-electron chi connectivity index (χ0n) is 24.3. The molecule has 11 heteroatoms. The third-order valence-corrected chi connectivity index (χ3v) is 8.51. The van der Waals surface area contributed by atoms with E-state index in [-0.39, 0.29) is 11.5 Å². The zero-order valence-corrected chi connectivity index (χ0v) is 25.9. The quantitative estimate of drug-likeness (QED) is 0.262. The molecule has 1 amide bonds. The van der Waals surface area contributed by atoms with Crippen LogP contribution in [0.1, 0.15) is 48.5 Å². The van der Waals surface area contributed by atoms with E-state index in [0.717, 1.165) is 0 Å². The molecule has 2 aromatic carbocycles. The molecule has 0 radical (unpaired) electrons. The fourth-order valence-electron chi connectivity index (χ4n) is 5.18. The third kappa shape index (κ3) is 5.55. The van der Waals surface area contributed by atoms with Gasteiger partial charge in [-0.25, -0.2) is 9.79 Å². The van der Waals surface area contributed by atoms with E-state index in [1.807, 2.05) is 38.1 Å². The van der Waals surface area contributed by atoms with Crippen molar-refractivity contribution >= 4 is 40.9 Å². The maximum atomic E-state index is 14.1. The maximum Gasteiger partial charge on any atom is 0.338 e. The number of halogens is 1. The normalized spacial score (nSPS) is 14.7.